The second-order valence-corrected chi connectivity index (χ2v) is 8.13. The van der Waals surface area contributed by atoms with Gasteiger partial charge in [0.15, 0.2) is 0 Å². The highest BCUT2D eigenvalue weighted by Gasteiger charge is 2.22. The molecule has 1 unspecified atom stereocenters. The molecule has 0 aliphatic carbocycles. The number of sulfonamides is 1. The Bertz CT molecular complexity index is 568. The van der Waals surface area contributed by atoms with E-state index in [4.69, 9.17) is 9.84 Å². The molecule has 0 bridgehead atoms. The van der Waals surface area contributed by atoms with Crippen LogP contribution in [0.25, 0.3) is 0 Å². The molecule has 0 amide bonds. The maximum absolute atomic E-state index is 12.4. The first-order chi connectivity index (χ1) is 10.1. The van der Waals surface area contributed by atoms with E-state index in [0.717, 1.165) is 18.6 Å². The van der Waals surface area contributed by atoms with E-state index in [1.54, 1.807) is 12.1 Å². The standard InChI is InChI=1S/C14H21NO4S2/c1-19-13-8-11(10-16)5-6-14(13)21(17,18)15-9-12-4-2-3-7-20-12/h5-6,8,12,15-16H,2-4,7,9-10H2,1H3. The van der Waals surface area contributed by atoms with Crippen molar-refractivity contribution in [1.82, 2.24) is 4.72 Å². The van der Waals surface area contributed by atoms with Crippen LogP contribution in [0.5, 0.6) is 5.75 Å². The first-order valence-electron chi connectivity index (χ1n) is 6.96. The Hall–Kier alpha value is -0.760. The maximum atomic E-state index is 12.4. The van der Waals surface area contributed by atoms with Crippen molar-refractivity contribution in [3.63, 3.8) is 0 Å². The van der Waals surface area contributed by atoms with Gasteiger partial charge in [0, 0.05) is 11.8 Å². The molecule has 7 heteroatoms. The fourth-order valence-corrected chi connectivity index (χ4v) is 4.86. The van der Waals surface area contributed by atoms with E-state index in [2.05, 4.69) is 4.72 Å². The van der Waals surface area contributed by atoms with Crippen LogP contribution in [-0.2, 0) is 16.6 Å². The zero-order valence-electron chi connectivity index (χ0n) is 12.0. The van der Waals surface area contributed by atoms with Gasteiger partial charge in [-0.1, -0.05) is 12.5 Å². The first-order valence-corrected chi connectivity index (χ1v) is 9.49. The number of methoxy groups -OCH3 is 1. The van der Waals surface area contributed by atoms with E-state index in [-0.39, 0.29) is 17.3 Å². The second-order valence-electron chi connectivity index (χ2n) is 4.98. The lowest BCUT2D eigenvalue weighted by Gasteiger charge is -2.21. The molecule has 0 radical (unpaired) electrons. The third-order valence-electron chi connectivity index (χ3n) is 3.48. The monoisotopic (exact) mass is 331 g/mol. The topological polar surface area (TPSA) is 75.6 Å². The van der Waals surface area contributed by atoms with E-state index >= 15 is 0 Å². The number of ether oxygens (including phenoxy) is 1. The average Bonchev–Trinajstić information content (AvgIpc) is 2.53. The summed E-state index contributed by atoms with van der Waals surface area (Å²) in [5.74, 6) is 1.35. The molecule has 118 valence electrons. The van der Waals surface area contributed by atoms with Crippen LogP contribution >= 0.6 is 11.8 Å². The largest absolute Gasteiger partial charge is 0.495 e. The smallest absolute Gasteiger partial charge is 0.244 e. The highest BCUT2D eigenvalue weighted by molar-refractivity contribution is 8.00. The zero-order valence-corrected chi connectivity index (χ0v) is 13.7. The van der Waals surface area contributed by atoms with E-state index in [1.165, 1.54) is 19.6 Å². The van der Waals surface area contributed by atoms with Crippen LogP contribution in [0.4, 0.5) is 0 Å². The number of aliphatic hydroxyl groups excluding tert-OH is 1. The van der Waals surface area contributed by atoms with Gasteiger partial charge in [0.05, 0.1) is 13.7 Å². The third-order valence-corrected chi connectivity index (χ3v) is 6.34. The summed E-state index contributed by atoms with van der Waals surface area (Å²) < 4.78 is 32.6. The molecule has 0 spiro atoms. The van der Waals surface area contributed by atoms with Crippen molar-refractivity contribution in [3.05, 3.63) is 23.8 Å². The summed E-state index contributed by atoms with van der Waals surface area (Å²) in [4.78, 5) is 0.114. The Morgan fingerprint density at radius 3 is 2.86 bits per heavy atom. The van der Waals surface area contributed by atoms with Crippen LogP contribution in [0, 0.1) is 0 Å². The molecule has 2 rings (SSSR count). The fraction of sp³-hybridized carbons (Fsp3) is 0.571. The highest BCUT2D eigenvalue weighted by atomic mass is 32.2. The van der Waals surface area contributed by atoms with Crippen molar-refractivity contribution in [2.24, 2.45) is 0 Å². The van der Waals surface area contributed by atoms with Gasteiger partial charge in [-0.25, -0.2) is 13.1 Å². The quantitative estimate of drug-likeness (QED) is 0.830. The Kier molecular flexibility index (Phi) is 5.92. The second kappa shape index (κ2) is 7.49. The van der Waals surface area contributed by atoms with Crippen molar-refractivity contribution in [2.45, 2.75) is 36.0 Å². The summed E-state index contributed by atoms with van der Waals surface area (Å²) in [6.07, 6.45) is 3.42. The van der Waals surface area contributed by atoms with E-state index in [0.29, 0.717) is 17.4 Å². The predicted octanol–water partition coefficient (Wildman–Crippen LogP) is 1.75. The van der Waals surface area contributed by atoms with Crippen LogP contribution in [0.15, 0.2) is 23.1 Å². The Labute approximate surface area is 130 Å². The zero-order chi connectivity index (χ0) is 15.3. The summed E-state index contributed by atoms with van der Waals surface area (Å²) in [6.45, 7) is 0.292. The van der Waals surface area contributed by atoms with Crippen molar-refractivity contribution in [1.29, 1.82) is 0 Å². The Balaban J connectivity index is 2.11. The normalized spacial score (nSPS) is 19.4. The minimum absolute atomic E-state index is 0.114. The molecular weight excluding hydrogens is 310 g/mol. The lowest BCUT2D eigenvalue weighted by atomic mass is 10.2. The van der Waals surface area contributed by atoms with Crippen molar-refractivity contribution < 1.29 is 18.3 Å². The van der Waals surface area contributed by atoms with Gasteiger partial charge in [0.1, 0.15) is 10.6 Å². The summed E-state index contributed by atoms with van der Waals surface area (Å²) >= 11 is 1.82. The molecule has 1 aliphatic rings. The summed E-state index contributed by atoms with van der Waals surface area (Å²) in [5.41, 5.74) is 0.619. The third kappa shape index (κ3) is 4.35. The van der Waals surface area contributed by atoms with E-state index in [9.17, 15) is 8.42 Å². The van der Waals surface area contributed by atoms with Crippen LogP contribution in [0.1, 0.15) is 24.8 Å². The molecule has 1 atom stereocenters. The molecule has 0 saturated carbocycles. The van der Waals surface area contributed by atoms with Gasteiger partial charge in [-0.05, 0) is 36.3 Å². The lowest BCUT2D eigenvalue weighted by molar-refractivity contribution is 0.280. The van der Waals surface area contributed by atoms with Gasteiger partial charge < -0.3 is 9.84 Å². The van der Waals surface area contributed by atoms with E-state index in [1.807, 2.05) is 11.8 Å². The summed E-state index contributed by atoms with van der Waals surface area (Å²) in [7, 11) is -2.17. The number of hydrogen-bond acceptors (Lipinski definition) is 5. The number of rotatable bonds is 6. The predicted molar refractivity (Wildman–Crippen MR) is 84.2 cm³/mol. The Morgan fingerprint density at radius 1 is 1.43 bits per heavy atom. The molecule has 1 aromatic rings. The van der Waals surface area contributed by atoms with Crippen molar-refractivity contribution in [2.75, 3.05) is 19.4 Å². The van der Waals surface area contributed by atoms with E-state index < -0.39 is 10.0 Å². The van der Waals surface area contributed by atoms with Crippen LogP contribution in [-0.4, -0.2) is 38.2 Å². The first kappa shape index (κ1) is 16.6. The fourth-order valence-electron chi connectivity index (χ4n) is 2.28. The minimum Gasteiger partial charge on any atom is -0.495 e. The minimum atomic E-state index is -3.60. The average molecular weight is 331 g/mol. The molecule has 1 heterocycles. The summed E-state index contributed by atoms with van der Waals surface area (Å²) in [5, 5.41) is 9.45. The van der Waals surface area contributed by atoms with Crippen molar-refractivity contribution >= 4 is 21.8 Å². The molecule has 21 heavy (non-hydrogen) atoms. The van der Waals surface area contributed by atoms with Crippen LogP contribution < -0.4 is 9.46 Å². The maximum Gasteiger partial charge on any atom is 0.244 e. The van der Waals surface area contributed by atoms with Gasteiger partial charge in [-0.3, -0.25) is 0 Å². The van der Waals surface area contributed by atoms with Gasteiger partial charge in [0.2, 0.25) is 10.0 Å². The van der Waals surface area contributed by atoms with Crippen LogP contribution in [0.3, 0.4) is 0 Å². The van der Waals surface area contributed by atoms with Crippen molar-refractivity contribution in [3.8, 4) is 5.75 Å². The molecule has 2 N–H and O–H groups in total. The Morgan fingerprint density at radius 2 is 2.24 bits per heavy atom. The number of thioether (sulfide) groups is 1. The molecule has 0 aromatic heterocycles. The highest BCUT2D eigenvalue weighted by Crippen LogP contribution is 2.27. The molecule has 1 saturated heterocycles. The number of hydrogen-bond donors (Lipinski definition) is 2. The molecular formula is C14H21NO4S2. The lowest BCUT2D eigenvalue weighted by Crippen LogP contribution is -2.32. The van der Waals surface area contributed by atoms with Gasteiger partial charge in [-0.15, -0.1) is 0 Å². The SMILES string of the molecule is COc1cc(CO)ccc1S(=O)(=O)NCC1CCCCS1. The van der Waals surface area contributed by atoms with Crippen LogP contribution in [0.2, 0.25) is 0 Å². The molecule has 1 aliphatic heterocycles. The number of aliphatic hydroxyl groups is 1. The van der Waals surface area contributed by atoms with Gasteiger partial charge in [-0.2, -0.15) is 11.8 Å². The summed E-state index contributed by atoms with van der Waals surface area (Å²) in [6, 6.07) is 4.61. The molecule has 5 nitrogen and oxygen atoms in total. The van der Waals surface area contributed by atoms with Gasteiger partial charge >= 0.3 is 0 Å². The number of nitrogens with one attached hydrogen (secondary N) is 1. The molecule has 1 fully saturated rings. The van der Waals surface area contributed by atoms with Gasteiger partial charge in [0.25, 0.3) is 0 Å². The number of benzene rings is 1. The molecule has 1 aromatic carbocycles.